The van der Waals surface area contributed by atoms with Crippen LogP contribution < -0.4 is 10.9 Å². The number of rotatable bonds is 3. The molecule has 0 aromatic heterocycles. The molecule has 0 saturated carbocycles. The summed E-state index contributed by atoms with van der Waals surface area (Å²) in [5.74, 6) is 0. The van der Waals surface area contributed by atoms with E-state index in [1.807, 2.05) is 13.0 Å². The topological polar surface area (TPSA) is 81.2 Å². The first kappa shape index (κ1) is 14.2. The molecule has 96 valence electrons. The van der Waals surface area contributed by atoms with Crippen LogP contribution >= 0.6 is 0 Å². The Balaban J connectivity index is 0.00000162. The minimum Gasteiger partial charge on any atom is -0.344 e. The number of hydrogen-bond acceptors (Lipinski definition) is 3. The normalized spacial score (nSPS) is 10.5. The monoisotopic (exact) mass is 264 g/mol. The summed E-state index contributed by atoms with van der Waals surface area (Å²) < 4.78 is 26.5. The molecule has 0 radical (unpaired) electrons. The van der Waals surface area contributed by atoms with E-state index in [-0.39, 0.29) is 11.0 Å². The van der Waals surface area contributed by atoms with Crippen molar-refractivity contribution in [3.8, 4) is 0 Å². The van der Waals surface area contributed by atoms with Gasteiger partial charge in [-0.2, -0.15) is 0 Å². The van der Waals surface area contributed by atoms with Crippen LogP contribution in [0, 0.1) is 6.92 Å². The van der Waals surface area contributed by atoms with Crippen molar-refractivity contribution in [3.63, 3.8) is 0 Å². The van der Waals surface area contributed by atoms with E-state index in [9.17, 15) is 8.42 Å². The van der Waals surface area contributed by atoms with E-state index in [1.165, 1.54) is 0 Å². The summed E-state index contributed by atoms with van der Waals surface area (Å²) in [4.78, 5) is 0.270. The van der Waals surface area contributed by atoms with Crippen molar-refractivity contribution in [3.05, 3.63) is 60.2 Å². The standard InChI is InChI=1S/C13H13NO2S.H3N/c1-11-7-9-13(10-8-11)17(15,16)14-12-5-3-2-4-6-12;/h2-10,14H,1H3;1H3. The summed E-state index contributed by atoms with van der Waals surface area (Å²) in [7, 11) is -3.48. The third-order valence-electron chi connectivity index (χ3n) is 2.36. The van der Waals surface area contributed by atoms with Crippen molar-refractivity contribution in [2.24, 2.45) is 0 Å². The lowest BCUT2D eigenvalue weighted by Crippen LogP contribution is -2.12. The van der Waals surface area contributed by atoms with Crippen LogP contribution in [0.25, 0.3) is 0 Å². The summed E-state index contributed by atoms with van der Waals surface area (Å²) in [5.41, 5.74) is 1.59. The van der Waals surface area contributed by atoms with E-state index in [0.29, 0.717) is 5.69 Å². The Kier molecular flexibility index (Phi) is 4.47. The molecule has 0 atom stereocenters. The molecule has 0 saturated heterocycles. The lowest BCUT2D eigenvalue weighted by Gasteiger charge is -2.07. The summed E-state index contributed by atoms with van der Waals surface area (Å²) in [6, 6.07) is 15.6. The molecule has 0 amide bonds. The highest BCUT2D eigenvalue weighted by atomic mass is 32.2. The second-order valence-electron chi connectivity index (χ2n) is 3.78. The molecule has 0 aliphatic carbocycles. The van der Waals surface area contributed by atoms with Crippen LogP contribution in [0.15, 0.2) is 59.5 Å². The average molecular weight is 264 g/mol. The Hall–Kier alpha value is -1.85. The van der Waals surface area contributed by atoms with Crippen LogP contribution in [0.2, 0.25) is 0 Å². The maximum atomic E-state index is 12.0. The highest BCUT2D eigenvalue weighted by molar-refractivity contribution is 7.92. The first-order valence-corrected chi connectivity index (χ1v) is 6.71. The number of hydrogen-bond donors (Lipinski definition) is 2. The van der Waals surface area contributed by atoms with Gasteiger partial charge in [-0.05, 0) is 31.2 Å². The van der Waals surface area contributed by atoms with E-state index in [2.05, 4.69) is 4.72 Å². The molecular formula is C13H16N2O2S. The van der Waals surface area contributed by atoms with Gasteiger partial charge in [-0.1, -0.05) is 35.9 Å². The van der Waals surface area contributed by atoms with Gasteiger partial charge >= 0.3 is 0 Å². The average Bonchev–Trinajstić information content (AvgIpc) is 2.30. The molecule has 2 rings (SSSR count). The Labute approximate surface area is 107 Å². The molecule has 4 N–H and O–H groups in total. The van der Waals surface area contributed by atoms with Crippen molar-refractivity contribution >= 4 is 15.7 Å². The van der Waals surface area contributed by atoms with Gasteiger partial charge in [0.05, 0.1) is 4.90 Å². The summed E-state index contributed by atoms with van der Waals surface area (Å²) in [5, 5.41) is 0. The molecular weight excluding hydrogens is 248 g/mol. The zero-order valence-electron chi connectivity index (χ0n) is 10.1. The van der Waals surface area contributed by atoms with Crippen LogP contribution in [0.1, 0.15) is 5.56 Å². The van der Waals surface area contributed by atoms with E-state index >= 15 is 0 Å². The molecule has 4 nitrogen and oxygen atoms in total. The van der Waals surface area contributed by atoms with Crippen LogP contribution in [-0.2, 0) is 10.0 Å². The van der Waals surface area contributed by atoms with Crippen molar-refractivity contribution in [2.45, 2.75) is 11.8 Å². The Morgan fingerprint density at radius 1 is 0.889 bits per heavy atom. The lowest BCUT2D eigenvalue weighted by atomic mass is 10.2. The molecule has 0 unspecified atom stereocenters. The van der Waals surface area contributed by atoms with Gasteiger partial charge in [-0.25, -0.2) is 8.42 Å². The van der Waals surface area contributed by atoms with Gasteiger partial charge in [0.25, 0.3) is 10.0 Å². The number of anilines is 1. The summed E-state index contributed by atoms with van der Waals surface area (Å²) in [6.07, 6.45) is 0. The van der Waals surface area contributed by atoms with Crippen molar-refractivity contribution in [2.75, 3.05) is 4.72 Å². The quantitative estimate of drug-likeness (QED) is 0.894. The van der Waals surface area contributed by atoms with E-state index in [4.69, 9.17) is 0 Å². The first-order chi connectivity index (χ1) is 8.08. The largest absolute Gasteiger partial charge is 0.344 e. The maximum absolute atomic E-state index is 12.0. The highest BCUT2D eigenvalue weighted by Gasteiger charge is 2.12. The minimum absolute atomic E-state index is 0. The Morgan fingerprint density at radius 3 is 2.00 bits per heavy atom. The van der Waals surface area contributed by atoms with Gasteiger partial charge in [0.1, 0.15) is 0 Å². The van der Waals surface area contributed by atoms with Crippen molar-refractivity contribution in [1.82, 2.24) is 6.15 Å². The SMILES string of the molecule is Cc1ccc(S(=O)(=O)Nc2ccccc2)cc1.N. The summed E-state index contributed by atoms with van der Waals surface area (Å²) >= 11 is 0. The smallest absolute Gasteiger partial charge is 0.261 e. The van der Waals surface area contributed by atoms with Gasteiger partial charge in [0.2, 0.25) is 0 Å². The number of para-hydroxylation sites is 1. The zero-order valence-corrected chi connectivity index (χ0v) is 10.9. The predicted octanol–water partition coefficient (Wildman–Crippen LogP) is 2.96. The van der Waals surface area contributed by atoms with Gasteiger partial charge in [0, 0.05) is 5.69 Å². The fourth-order valence-electron chi connectivity index (χ4n) is 1.44. The highest BCUT2D eigenvalue weighted by Crippen LogP contribution is 2.15. The molecule has 0 fully saturated rings. The van der Waals surface area contributed by atoms with Crippen LogP contribution in [0.4, 0.5) is 5.69 Å². The number of benzene rings is 2. The van der Waals surface area contributed by atoms with Crippen LogP contribution in [-0.4, -0.2) is 8.42 Å². The molecule has 2 aromatic rings. The molecule has 0 heterocycles. The van der Waals surface area contributed by atoms with Gasteiger partial charge in [0.15, 0.2) is 0 Å². The van der Waals surface area contributed by atoms with Crippen LogP contribution in [0.5, 0.6) is 0 Å². The molecule has 0 spiro atoms. The van der Waals surface area contributed by atoms with Gasteiger partial charge < -0.3 is 6.15 Å². The first-order valence-electron chi connectivity index (χ1n) is 5.22. The third-order valence-corrected chi connectivity index (χ3v) is 3.75. The molecule has 0 bridgehead atoms. The fourth-order valence-corrected chi connectivity index (χ4v) is 2.50. The van der Waals surface area contributed by atoms with E-state index in [0.717, 1.165) is 5.56 Å². The Morgan fingerprint density at radius 2 is 1.44 bits per heavy atom. The van der Waals surface area contributed by atoms with Crippen LogP contribution in [0.3, 0.4) is 0 Å². The number of nitrogens with one attached hydrogen (secondary N) is 1. The van der Waals surface area contributed by atoms with Crippen molar-refractivity contribution in [1.29, 1.82) is 0 Å². The lowest BCUT2D eigenvalue weighted by molar-refractivity contribution is 0.601. The van der Waals surface area contributed by atoms with E-state index in [1.54, 1.807) is 48.5 Å². The molecule has 18 heavy (non-hydrogen) atoms. The minimum atomic E-state index is -3.48. The predicted molar refractivity (Wildman–Crippen MR) is 73.5 cm³/mol. The third kappa shape index (κ3) is 3.32. The molecule has 0 aliphatic rings. The number of aryl methyl sites for hydroxylation is 1. The second-order valence-corrected chi connectivity index (χ2v) is 5.47. The molecule has 2 aromatic carbocycles. The van der Waals surface area contributed by atoms with Crippen molar-refractivity contribution < 1.29 is 8.42 Å². The molecule has 0 aliphatic heterocycles. The van der Waals surface area contributed by atoms with Gasteiger partial charge in [-0.15, -0.1) is 0 Å². The van der Waals surface area contributed by atoms with Gasteiger partial charge in [-0.3, -0.25) is 4.72 Å². The fraction of sp³-hybridized carbons (Fsp3) is 0.0769. The maximum Gasteiger partial charge on any atom is 0.261 e. The number of sulfonamides is 1. The summed E-state index contributed by atoms with van der Waals surface area (Å²) in [6.45, 7) is 1.92. The Bertz CT molecular complexity index is 593. The molecule has 5 heteroatoms. The zero-order chi connectivity index (χ0) is 12.3. The second kappa shape index (κ2) is 5.66. The van der Waals surface area contributed by atoms with E-state index < -0.39 is 10.0 Å².